The van der Waals surface area contributed by atoms with Gasteiger partial charge in [0, 0.05) is 23.3 Å². The van der Waals surface area contributed by atoms with E-state index in [0.717, 1.165) is 19.0 Å². The van der Waals surface area contributed by atoms with Crippen molar-refractivity contribution < 1.29 is 4.74 Å². The molecule has 0 fully saturated rings. The molecule has 1 aromatic carbocycles. The van der Waals surface area contributed by atoms with Crippen LogP contribution in [0.2, 0.25) is 0 Å². The Kier molecular flexibility index (Phi) is 6.53. The van der Waals surface area contributed by atoms with E-state index in [-0.39, 0.29) is 0 Å². The van der Waals surface area contributed by atoms with Gasteiger partial charge in [-0.2, -0.15) is 0 Å². The van der Waals surface area contributed by atoms with Gasteiger partial charge in [0.05, 0.1) is 6.61 Å². The van der Waals surface area contributed by atoms with Gasteiger partial charge in [0.15, 0.2) is 0 Å². The van der Waals surface area contributed by atoms with Crippen LogP contribution in [0.3, 0.4) is 0 Å². The van der Waals surface area contributed by atoms with Crippen molar-refractivity contribution in [2.45, 2.75) is 24.8 Å². The average molecular weight is 239 g/mol. The first-order chi connectivity index (χ1) is 7.77. The minimum absolute atomic E-state index is 0.421. The van der Waals surface area contributed by atoms with Gasteiger partial charge in [0.2, 0.25) is 0 Å². The van der Waals surface area contributed by atoms with Crippen LogP contribution in [0.1, 0.15) is 12.5 Å². The zero-order valence-corrected chi connectivity index (χ0v) is 11.1. The predicted octanol–water partition coefficient (Wildman–Crippen LogP) is 2.71. The number of likely N-dealkylation sites (N-methyl/N-ethyl adjacent to an activating group) is 1. The molecule has 0 amide bonds. The van der Waals surface area contributed by atoms with Crippen LogP contribution < -0.4 is 5.32 Å². The number of benzene rings is 1. The molecule has 0 radical (unpaired) electrons. The Hall–Kier alpha value is -0.510. The van der Waals surface area contributed by atoms with E-state index in [1.165, 1.54) is 10.5 Å². The van der Waals surface area contributed by atoms with Crippen LogP contribution in [0.4, 0.5) is 0 Å². The van der Waals surface area contributed by atoms with Gasteiger partial charge >= 0.3 is 0 Å². The summed E-state index contributed by atoms with van der Waals surface area (Å²) >= 11 is 1.89. The third-order valence-electron chi connectivity index (χ3n) is 2.47. The van der Waals surface area contributed by atoms with E-state index >= 15 is 0 Å². The summed E-state index contributed by atoms with van der Waals surface area (Å²) in [5, 5.41) is 3.28. The molecule has 0 aliphatic heterocycles. The van der Waals surface area contributed by atoms with Gasteiger partial charge in [0.1, 0.15) is 0 Å². The second-order valence-electron chi connectivity index (χ2n) is 3.72. The van der Waals surface area contributed by atoms with Crippen molar-refractivity contribution in [3.63, 3.8) is 0 Å². The zero-order chi connectivity index (χ0) is 11.8. The fraction of sp³-hybridized carbons (Fsp3) is 0.538. The molecule has 0 bridgehead atoms. The molecule has 1 rings (SSSR count). The van der Waals surface area contributed by atoms with Gasteiger partial charge < -0.3 is 10.1 Å². The summed E-state index contributed by atoms with van der Waals surface area (Å²) in [4.78, 5) is 1.36. The van der Waals surface area contributed by atoms with E-state index in [2.05, 4.69) is 36.5 Å². The minimum atomic E-state index is 0.421. The Labute approximate surface area is 103 Å². The highest BCUT2D eigenvalue weighted by Gasteiger charge is 2.07. The average Bonchev–Trinajstić information content (AvgIpc) is 2.31. The predicted molar refractivity (Wildman–Crippen MR) is 71.2 cm³/mol. The molecular formula is C13H21NOS. The van der Waals surface area contributed by atoms with Gasteiger partial charge in [-0.3, -0.25) is 0 Å². The van der Waals surface area contributed by atoms with Crippen molar-refractivity contribution in [3.8, 4) is 0 Å². The van der Waals surface area contributed by atoms with E-state index in [1.807, 2.05) is 25.7 Å². The monoisotopic (exact) mass is 239 g/mol. The summed E-state index contributed by atoms with van der Waals surface area (Å²) in [7, 11) is 1.99. The van der Waals surface area contributed by atoms with Gasteiger partial charge in [-0.25, -0.2) is 0 Å². The van der Waals surface area contributed by atoms with Crippen LogP contribution in [0, 0.1) is 6.92 Å². The van der Waals surface area contributed by atoms with Gasteiger partial charge in [-0.1, -0.05) is 18.2 Å². The van der Waals surface area contributed by atoms with Crippen molar-refractivity contribution in [1.82, 2.24) is 5.32 Å². The fourth-order valence-corrected chi connectivity index (χ4v) is 2.50. The highest BCUT2D eigenvalue weighted by Crippen LogP contribution is 2.22. The van der Waals surface area contributed by atoms with E-state index in [9.17, 15) is 0 Å². The van der Waals surface area contributed by atoms with Crippen molar-refractivity contribution in [2.75, 3.05) is 26.0 Å². The molecule has 16 heavy (non-hydrogen) atoms. The standard InChI is InChI=1S/C13H21NOS/c1-4-15-9-12(14-3)10-16-13-8-6-5-7-11(13)2/h5-8,12,14H,4,9-10H2,1-3H3. The molecule has 90 valence electrons. The maximum Gasteiger partial charge on any atom is 0.0627 e. The van der Waals surface area contributed by atoms with Crippen LogP contribution in [-0.4, -0.2) is 32.1 Å². The molecule has 1 aromatic rings. The molecule has 0 heterocycles. The third-order valence-corrected chi connectivity index (χ3v) is 3.80. The van der Waals surface area contributed by atoms with Crippen molar-refractivity contribution >= 4 is 11.8 Å². The fourth-order valence-electron chi connectivity index (χ4n) is 1.38. The molecule has 0 saturated heterocycles. The lowest BCUT2D eigenvalue weighted by molar-refractivity contribution is 0.131. The highest BCUT2D eigenvalue weighted by atomic mass is 32.2. The normalized spacial score (nSPS) is 12.7. The number of thioether (sulfide) groups is 1. The molecule has 1 N–H and O–H groups in total. The van der Waals surface area contributed by atoms with Crippen LogP contribution in [-0.2, 0) is 4.74 Å². The second-order valence-corrected chi connectivity index (χ2v) is 4.78. The first-order valence-corrected chi connectivity index (χ1v) is 6.70. The summed E-state index contributed by atoms with van der Waals surface area (Å²) in [6, 6.07) is 8.91. The van der Waals surface area contributed by atoms with E-state index < -0.39 is 0 Å². The van der Waals surface area contributed by atoms with Crippen LogP contribution >= 0.6 is 11.8 Å². The molecule has 0 aliphatic carbocycles. The lowest BCUT2D eigenvalue weighted by atomic mass is 10.2. The summed E-state index contributed by atoms with van der Waals surface area (Å²) in [6.07, 6.45) is 0. The van der Waals surface area contributed by atoms with Crippen LogP contribution in [0.15, 0.2) is 29.2 Å². The Balaban J connectivity index is 2.40. The van der Waals surface area contributed by atoms with Crippen molar-refractivity contribution in [2.24, 2.45) is 0 Å². The minimum Gasteiger partial charge on any atom is -0.380 e. The summed E-state index contributed by atoms with van der Waals surface area (Å²) in [5.74, 6) is 1.04. The lowest BCUT2D eigenvalue weighted by Crippen LogP contribution is -2.32. The summed E-state index contributed by atoms with van der Waals surface area (Å²) in [6.45, 7) is 5.75. The van der Waals surface area contributed by atoms with E-state index in [0.29, 0.717) is 6.04 Å². The number of hydrogen-bond donors (Lipinski definition) is 1. The molecule has 3 heteroatoms. The Morgan fingerprint density at radius 3 is 2.75 bits per heavy atom. The topological polar surface area (TPSA) is 21.3 Å². The SMILES string of the molecule is CCOCC(CSc1ccccc1C)NC. The number of nitrogens with one attached hydrogen (secondary N) is 1. The molecule has 2 nitrogen and oxygen atoms in total. The quantitative estimate of drug-likeness (QED) is 0.739. The van der Waals surface area contributed by atoms with Crippen LogP contribution in [0.25, 0.3) is 0 Å². The molecule has 1 atom stereocenters. The van der Waals surface area contributed by atoms with Gasteiger partial charge in [-0.05, 0) is 32.5 Å². The first kappa shape index (κ1) is 13.6. The zero-order valence-electron chi connectivity index (χ0n) is 10.3. The smallest absolute Gasteiger partial charge is 0.0627 e. The van der Waals surface area contributed by atoms with E-state index in [1.54, 1.807) is 0 Å². The van der Waals surface area contributed by atoms with Gasteiger partial charge in [-0.15, -0.1) is 11.8 Å². The largest absolute Gasteiger partial charge is 0.380 e. The molecule has 0 spiro atoms. The lowest BCUT2D eigenvalue weighted by Gasteiger charge is -2.16. The molecule has 0 saturated carbocycles. The molecule has 0 aromatic heterocycles. The number of hydrogen-bond acceptors (Lipinski definition) is 3. The highest BCUT2D eigenvalue weighted by molar-refractivity contribution is 7.99. The van der Waals surface area contributed by atoms with Crippen molar-refractivity contribution in [1.29, 1.82) is 0 Å². The molecule has 0 aliphatic rings. The number of aryl methyl sites for hydroxylation is 1. The molecular weight excluding hydrogens is 218 g/mol. The van der Waals surface area contributed by atoms with E-state index in [4.69, 9.17) is 4.74 Å². The maximum absolute atomic E-state index is 5.43. The Morgan fingerprint density at radius 2 is 2.12 bits per heavy atom. The second kappa shape index (κ2) is 7.71. The summed E-state index contributed by atoms with van der Waals surface area (Å²) < 4.78 is 5.43. The van der Waals surface area contributed by atoms with Crippen molar-refractivity contribution in [3.05, 3.63) is 29.8 Å². The van der Waals surface area contributed by atoms with Gasteiger partial charge in [0.25, 0.3) is 0 Å². The Morgan fingerprint density at radius 1 is 1.38 bits per heavy atom. The maximum atomic E-state index is 5.43. The number of rotatable bonds is 7. The summed E-state index contributed by atoms with van der Waals surface area (Å²) in [5.41, 5.74) is 1.35. The molecule has 1 unspecified atom stereocenters. The Bertz CT molecular complexity index is 304. The number of ether oxygens (including phenoxy) is 1. The first-order valence-electron chi connectivity index (χ1n) is 5.71. The third kappa shape index (κ3) is 4.56. The van der Waals surface area contributed by atoms with Crippen LogP contribution in [0.5, 0.6) is 0 Å².